The van der Waals surface area contributed by atoms with E-state index in [0.717, 1.165) is 27.3 Å². The normalized spacial score (nSPS) is 10.5. The third-order valence-electron chi connectivity index (χ3n) is 3.01. The Morgan fingerprint density at radius 1 is 1.16 bits per heavy atom. The Morgan fingerprint density at radius 2 is 1.84 bits per heavy atom. The van der Waals surface area contributed by atoms with E-state index in [4.69, 9.17) is 17.3 Å². The molecule has 0 unspecified atom stereocenters. The molecule has 0 heterocycles. The van der Waals surface area contributed by atoms with Gasteiger partial charge in [0, 0.05) is 35.3 Å². The Balaban J connectivity index is 2.19. The molecule has 2 N–H and O–H groups in total. The molecule has 2 aromatic rings. The molecule has 0 spiro atoms. The molecule has 0 saturated heterocycles. The van der Waals surface area contributed by atoms with E-state index in [0.29, 0.717) is 6.54 Å². The lowest BCUT2D eigenvalue weighted by Gasteiger charge is -2.22. The van der Waals surface area contributed by atoms with Crippen molar-refractivity contribution in [3.8, 4) is 0 Å². The minimum Gasteiger partial charge on any atom is -0.370 e. The molecule has 0 bridgehead atoms. The van der Waals surface area contributed by atoms with Crippen molar-refractivity contribution in [2.75, 3.05) is 11.9 Å². The van der Waals surface area contributed by atoms with Crippen LogP contribution in [0, 0.1) is 0 Å². The van der Waals surface area contributed by atoms with E-state index in [9.17, 15) is 0 Å². The zero-order valence-electron chi connectivity index (χ0n) is 10.7. The van der Waals surface area contributed by atoms with E-state index < -0.39 is 0 Å². The van der Waals surface area contributed by atoms with Crippen LogP contribution in [0.1, 0.15) is 11.1 Å². The van der Waals surface area contributed by atoms with Gasteiger partial charge < -0.3 is 10.6 Å². The van der Waals surface area contributed by atoms with E-state index in [2.05, 4.69) is 40.0 Å². The fourth-order valence-electron chi connectivity index (χ4n) is 2.04. The summed E-state index contributed by atoms with van der Waals surface area (Å²) in [6, 6.07) is 14.1. The Labute approximate surface area is 127 Å². The first-order valence-electron chi connectivity index (χ1n) is 6.04. The maximum atomic E-state index is 5.89. The van der Waals surface area contributed by atoms with Gasteiger partial charge in [0.2, 0.25) is 0 Å². The summed E-state index contributed by atoms with van der Waals surface area (Å²) in [6.07, 6.45) is 0. The molecule has 4 heteroatoms. The van der Waals surface area contributed by atoms with Gasteiger partial charge in [0.1, 0.15) is 0 Å². The van der Waals surface area contributed by atoms with Crippen LogP contribution in [0.25, 0.3) is 0 Å². The average Bonchev–Trinajstić information content (AvgIpc) is 2.41. The highest BCUT2D eigenvalue weighted by Crippen LogP contribution is 2.25. The number of nitrogens with zero attached hydrogens (tertiary/aromatic N) is 1. The van der Waals surface area contributed by atoms with Gasteiger partial charge in [0.25, 0.3) is 0 Å². The van der Waals surface area contributed by atoms with Crippen molar-refractivity contribution in [1.29, 1.82) is 0 Å². The van der Waals surface area contributed by atoms with Crippen LogP contribution in [0.3, 0.4) is 0 Å². The third kappa shape index (κ3) is 3.72. The minimum atomic E-state index is 0.528. The van der Waals surface area contributed by atoms with Crippen molar-refractivity contribution in [3.05, 3.63) is 63.1 Å². The zero-order chi connectivity index (χ0) is 13.8. The summed E-state index contributed by atoms with van der Waals surface area (Å²) >= 11 is 9.37. The molecule has 2 rings (SSSR count). The molecule has 0 saturated carbocycles. The van der Waals surface area contributed by atoms with E-state index in [1.807, 2.05) is 30.3 Å². The van der Waals surface area contributed by atoms with Crippen LogP contribution < -0.4 is 10.6 Å². The predicted octanol–water partition coefficient (Wildman–Crippen LogP) is 4.20. The fourth-order valence-corrected chi connectivity index (χ4v) is 2.57. The topological polar surface area (TPSA) is 29.3 Å². The molecular formula is C15H16BrClN2. The standard InChI is InChI=1S/C15H16BrClN2/c1-19(10-11-2-5-14(17)6-3-11)15-7-4-13(16)8-12(15)9-18/h2-8H,9-10,18H2,1H3. The lowest BCUT2D eigenvalue weighted by Crippen LogP contribution is -2.18. The van der Waals surface area contributed by atoms with Crippen molar-refractivity contribution in [1.82, 2.24) is 0 Å². The lowest BCUT2D eigenvalue weighted by molar-refractivity contribution is 0.903. The van der Waals surface area contributed by atoms with E-state index in [-0.39, 0.29) is 0 Å². The second-order valence-electron chi connectivity index (χ2n) is 4.46. The highest BCUT2D eigenvalue weighted by molar-refractivity contribution is 9.10. The van der Waals surface area contributed by atoms with Gasteiger partial charge in [0.15, 0.2) is 0 Å². The monoisotopic (exact) mass is 338 g/mol. The van der Waals surface area contributed by atoms with Crippen molar-refractivity contribution < 1.29 is 0 Å². The summed E-state index contributed by atoms with van der Waals surface area (Å²) in [6.45, 7) is 1.35. The Kier molecular flexibility index (Phi) is 4.86. The first kappa shape index (κ1) is 14.4. The SMILES string of the molecule is CN(Cc1ccc(Cl)cc1)c1ccc(Br)cc1CN. The lowest BCUT2D eigenvalue weighted by atomic mass is 10.1. The van der Waals surface area contributed by atoms with Gasteiger partial charge in [-0.05, 0) is 41.5 Å². The minimum absolute atomic E-state index is 0.528. The van der Waals surface area contributed by atoms with E-state index >= 15 is 0 Å². The van der Waals surface area contributed by atoms with Crippen LogP contribution in [0.5, 0.6) is 0 Å². The number of hydrogen-bond donors (Lipinski definition) is 1. The van der Waals surface area contributed by atoms with Crippen LogP contribution in [-0.2, 0) is 13.1 Å². The van der Waals surface area contributed by atoms with Crippen LogP contribution in [0.4, 0.5) is 5.69 Å². The molecule has 0 aliphatic carbocycles. The van der Waals surface area contributed by atoms with Gasteiger partial charge in [-0.2, -0.15) is 0 Å². The molecule has 0 aromatic heterocycles. The summed E-state index contributed by atoms with van der Waals surface area (Å²) in [7, 11) is 2.07. The van der Waals surface area contributed by atoms with Crippen molar-refractivity contribution in [3.63, 3.8) is 0 Å². The van der Waals surface area contributed by atoms with Crippen molar-refractivity contribution in [2.24, 2.45) is 5.73 Å². The molecular weight excluding hydrogens is 324 g/mol. The van der Waals surface area contributed by atoms with Gasteiger partial charge >= 0.3 is 0 Å². The highest BCUT2D eigenvalue weighted by Gasteiger charge is 2.07. The Bertz CT molecular complexity index is 555. The van der Waals surface area contributed by atoms with Gasteiger partial charge in [-0.3, -0.25) is 0 Å². The van der Waals surface area contributed by atoms with E-state index in [1.165, 1.54) is 5.56 Å². The maximum absolute atomic E-state index is 5.89. The average molecular weight is 340 g/mol. The highest BCUT2D eigenvalue weighted by atomic mass is 79.9. The summed E-state index contributed by atoms with van der Waals surface area (Å²) < 4.78 is 1.05. The second kappa shape index (κ2) is 6.42. The number of halogens is 2. The van der Waals surface area contributed by atoms with Crippen LogP contribution in [0.2, 0.25) is 5.02 Å². The quantitative estimate of drug-likeness (QED) is 0.904. The summed E-state index contributed by atoms with van der Waals surface area (Å²) in [5, 5.41) is 0.762. The number of anilines is 1. The zero-order valence-corrected chi connectivity index (χ0v) is 13.1. The van der Waals surface area contributed by atoms with Gasteiger partial charge in [-0.1, -0.05) is 39.7 Å². The molecule has 2 aromatic carbocycles. The number of hydrogen-bond acceptors (Lipinski definition) is 2. The molecule has 0 amide bonds. The summed E-state index contributed by atoms with van der Waals surface area (Å²) in [4.78, 5) is 2.19. The smallest absolute Gasteiger partial charge is 0.0426 e. The Morgan fingerprint density at radius 3 is 2.47 bits per heavy atom. The third-order valence-corrected chi connectivity index (χ3v) is 3.75. The van der Waals surface area contributed by atoms with Gasteiger partial charge in [-0.15, -0.1) is 0 Å². The molecule has 0 radical (unpaired) electrons. The first-order chi connectivity index (χ1) is 9.10. The maximum Gasteiger partial charge on any atom is 0.0426 e. The summed E-state index contributed by atoms with van der Waals surface area (Å²) in [5.74, 6) is 0. The number of rotatable bonds is 4. The fraction of sp³-hybridized carbons (Fsp3) is 0.200. The van der Waals surface area contributed by atoms with E-state index in [1.54, 1.807) is 0 Å². The molecule has 0 atom stereocenters. The number of benzene rings is 2. The van der Waals surface area contributed by atoms with Crippen LogP contribution in [-0.4, -0.2) is 7.05 Å². The molecule has 0 fully saturated rings. The number of nitrogens with two attached hydrogens (primary N) is 1. The molecule has 100 valence electrons. The molecule has 0 aliphatic rings. The summed E-state index contributed by atoms with van der Waals surface area (Å²) in [5.41, 5.74) is 9.31. The van der Waals surface area contributed by atoms with Gasteiger partial charge in [-0.25, -0.2) is 0 Å². The molecule has 2 nitrogen and oxygen atoms in total. The van der Waals surface area contributed by atoms with Crippen LogP contribution >= 0.6 is 27.5 Å². The van der Waals surface area contributed by atoms with Crippen molar-refractivity contribution in [2.45, 2.75) is 13.1 Å². The van der Waals surface area contributed by atoms with Crippen LogP contribution in [0.15, 0.2) is 46.9 Å². The largest absolute Gasteiger partial charge is 0.370 e. The Hall–Kier alpha value is -1.03. The molecule has 19 heavy (non-hydrogen) atoms. The predicted molar refractivity (Wildman–Crippen MR) is 85.6 cm³/mol. The van der Waals surface area contributed by atoms with Crippen molar-refractivity contribution >= 4 is 33.2 Å². The molecule has 0 aliphatic heterocycles. The van der Waals surface area contributed by atoms with Gasteiger partial charge in [0.05, 0.1) is 0 Å². The second-order valence-corrected chi connectivity index (χ2v) is 5.81. The first-order valence-corrected chi connectivity index (χ1v) is 7.21.